The fourth-order valence-corrected chi connectivity index (χ4v) is 2.37. The van der Waals surface area contributed by atoms with E-state index in [0.29, 0.717) is 18.4 Å². The molecule has 1 aromatic rings. The summed E-state index contributed by atoms with van der Waals surface area (Å²) in [5, 5.41) is 6.72. The fraction of sp³-hybridized carbons (Fsp3) is 0.615. The number of aryl methyl sites for hydroxylation is 1. The lowest BCUT2D eigenvalue weighted by Crippen LogP contribution is -2.45. The SMILES string of the molecule is C=CCNC(=O)N1CCCC(Cc2noc(C)n2)C1. The van der Waals surface area contributed by atoms with Crippen molar-refractivity contribution in [1.82, 2.24) is 20.4 Å². The number of amides is 2. The second-order valence-corrected chi connectivity index (χ2v) is 4.86. The van der Waals surface area contributed by atoms with Gasteiger partial charge in [0, 0.05) is 33.0 Å². The molecule has 1 aromatic heterocycles. The van der Waals surface area contributed by atoms with Gasteiger partial charge in [-0.15, -0.1) is 6.58 Å². The highest BCUT2D eigenvalue weighted by atomic mass is 16.5. The van der Waals surface area contributed by atoms with Crippen LogP contribution in [0.25, 0.3) is 0 Å². The molecule has 1 fully saturated rings. The Hall–Kier alpha value is -1.85. The average Bonchev–Trinajstić information content (AvgIpc) is 2.81. The monoisotopic (exact) mass is 264 g/mol. The van der Waals surface area contributed by atoms with Crippen molar-refractivity contribution in [2.24, 2.45) is 5.92 Å². The third-order valence-electron chi connectivity index (χ3n) is 3.24. The van der Waals surface area contributed by atoms with Gasteiger partial charge in [-0.3, -0.25) is 0 Å². The maximum Gasteiger partial charge on any atom is 0.317 e. The molecule has 1 N–H and O–H groups in total. The first-order valence-corrected chi connectivity index (χ1v) is 6.62. The minimum Gasteiger partial charge on any atom is -0.340 e. The Labute approximate surface area is 112 Å². The molecule has 1 aliphatic rings. The lowest BCUT2D eigenvalue weighted by atomic mass is 9.95. The minimum atomic E-state index is -0.0195. The van der Waals surface area contributed by atoms with Gasteiger partial charge in [-0.2, -0.15) is 4.98 Å². The van der Waals surface area contributed by atoms with Crippen LogP contribution < -0.4 is 5.32 Å². The summed E-state index contributed by atoms with van der Waals surface area (Å²) in [6, 6.07) is -0.0195. The summed E-state index contributed by atoms with van der Waals surface area (Å²) in [5.41, 5.74) is 0. The number of likely N-dealkylation sites (tertiary alicyclic amines) is 1. The fourth-order valence-electron chi connectivity index (χ4n) is 2.37. The summed E-state index contributed by atoms with van der Waals surface area (Å²) >= 11 is 0. The van der Waals surface area contributed by atoms with Gasteiger partial charge in [-0.1, -0.05) is 11.2 Å². The lowest BCUT2D eigenvalue weighted by Gasteiger charge is -2.32. The van der Waals surface area contributed by atoms with Crippen LogP contribution in [0.3, 0.4) is 0 Å². The number of carbonyl (C=O) groups is 1. The molecule has 2 rings (SSSR count). The Bertz CT molecular complexity index is 444. The summed E-state index contributed by atoms with van der Waals surface area (Å²) in [7, 11) is 0. The number of aromatic nitrogens is 2. The number of nitrogens with zero attached hydrogens (tertiary/aromatic N) is 3. The summed E-state index contributed by atoms with van der Waals surface area (Å²) in [6.07, 6.45) is 4.56. The first kappa shape index (κ1) is 13.6. The minimum absolute atomic E-state index is 0.0195. The maximum absolute atomic E-state index is 11.9. The Balaban J connectivity index is 1.86. The molecule has 2 heterocycles. The van der Waals surface area contributed by atoms with E-state index in [0.717, 1.165) is 38.2 Å². The van der Waals surface area contributed by atoms with Crippen molar-refractivity contribution in [3.63, 3.8) is 0 Å². The van der Waals surface area contributed by atoms with Gasteiger partial charge in [-0.05, 0) is 18.8 Å². The number of hydrogen-bond acceptors (Lipinski definition) is 4. The predicted octanol–water partition coefficient (Wildman–Crippen LogP) is 1.53. The van der Waals surface area contributed by atoms with Crippen LogP contribution in [-0.4, -0.2) is 40.7 Å². The van der Waals surface area contributed by atoms with E-state index in [1.807, 2.05) is 4.90 Å². The van der Waals surface area contributed by atoms with Crippen LogP contribution >= 0.6 is 0 Å². The molecule has 19 heavy (non-hydrogen) atoms. The van der Waals surface area contributed by atoms with Gasteiger partial charge in [-0.25, -0.2) is 4.79 Å². The molecule has 0 aromatic carbocycles. The van der Waals surface area contributed by atoms with Gasteiger partial charge in [0.2, 0.25) is 5.89 Å². The third kappa shape index (κ3) is 3.81. The van der Waals surface area contributed by atoms with E-state index in [2.05, 4.69) is 22.0 Å². The molecule has 0 radical (unpaired) electrons. The normalized spacial score (nSPS) is 19.2. The molecule has 0 bridgehead atoms. The Kier molecular flexibility index (Phi) is 4.54. The van der Waals surface area contributed by atoms with Crippen LogP contribution in [0.1, 0.15) is 24.6 Å². The van der Waals surface area contributed by atoms with E-state index >= 15 is 0 Å². The maximum atomic E-state index is 11.9. The molecule has 6 heteroatoms. The van der Waals surface area contributed by atoms with Crippen LogP contribution in [0, 0.1) is 12.8 Å². The van der Waals surface area contributed by atoms with Gasteiger partial charge < -0.3 is 14.7 Å². The number of urea groups is 1. The molecule has 1 unspecified atom stereocenters. The van der Waals surface area contributed by atoms with Gasteiger partial charge in [0.05, 0.1) is 0 Å². The number of rotatable bonds is 4. The summed E-state index contributed by atoms with van der Waals surface area (Å²) < 4.78 is 4.97. The van der Waals surface area contributed by atoms with E-state index in [9.17, 15) is 4.79 Å². The van der Waals surface area contributed by atoms with Crippen molar-refractivity contribution in [3.8, 4) is 0 Å². The summed E-state index contributed by atoms with van der Waals surface area (Å²) in [5.74, 6) is 1.72. The average molecular weight is 264 g/mol. The van der Waals surface area contributed by atoms with Crippen molar-refractivity contribution in [2.45, 2.75) is 26.2 Å². The zero-order valence-electron chi connectivity index (χ0n) is 11.3. The van der Waals surface area contributed by atoms with Crippen LogP contribution in [0.2, 0.25) is 0 Å². The lowest BCUT2D eigenvalue weighted by molar-refractivity contribution is 0.165. The quantitative estimate of drug-likeness (QED) is 0.837. The zero-order valence-corrected chi connectivity index (χ0v) is 11.3. The smallest absolute Gasteiger partial charge is 0.317 e. The van der Waals surface area contributed by atoms with E-state index in [-0.39, 0.29) is 6.03 Å². The summed E-state index contributed by atoms with van der Waals surface area (Å²) in [4.78, 5) is 17.9. The molecule has 1 saturated heterocycles. The van der Waals surface area contributed by atoms with Crippen molar-refractivity contribution >= 4 is 6.03 Å². The van der Waals surface area contributed by atoms with Gasteiger partial charge in [0.15, 0.2) is 5.82 Å². The molecule has 1 aliphatic heterocycles. The molecule has 2 amide bonds. The standard InChI is InChI=1S/C13H20N4O2/c1-3-6-14-13(18)17-7-4-5-11(9-17)8-12-15-10(2)19-16-12/h3,11H,1,4-9H2,2H3,(H,14,18). The van der Waals surface area contributed by atoms with Gasteiger partial charge in [0.1, 0.15) is 0 Å². The Morgan fingerprint density at radius 2 is 2.53 bits per heavy atom. The highest BCUT2D eigenvalue weighted by Crippen LogP contribution is 2.19. The number of hydrogen-bond donors (Lipinski definition) is 1. The first-order valence-electron chi connectivity index (χ1n) is 6.62. The molecule has 0 spiro atoms. The topological polar surface area (TPSA) is 71.3 Å². The number of piperidine rings is 1. The van der Waals surface area contributed by atoms with Crippen molar-refractivity contribution in [2.75, 3.05) is 19.6 Å². The Morgan fingerprint density at radius 3 is 3.21 bits per heavy atom. The van der Waals surface area contributed by atoms with Gasteiger partial charge >= 0.3 is 6.03 Å². The summed E-state index contributed by atoms with van der Waals surface area (Å²) in [6.45, 7) is 7.44. The van der Waals surface area contributed by atoms with E-state index in [4.69, 9.17) is 4.52 Å². The third-order valence-corrected chi connectivity index (χ3v) is 3.24. The number of nitrogens with one attached hydrogen (secondary N) is 1. The molecule has 6 nitrogen and oxygen atoms in total. The highest BCUT2D eigenvalue weighted by Gasteiger charge is 2.24. The van der Waals surface area contributed by atoms with Crippen LogP contribution in [-0.2, 0) is 6.42 Å². The molecule has 0 saturated carbocycles. The van der Waals surface area contributed by atoms with Crippen molar-refractivity contribution in [1.29, 1.82) is 0 Å². The second kappa shape index (κ2) is 6.36. The van der Waals surface area contributed by atoms with E-state index in [1.165, 1.54) is 0 Å². The van der Waals surface area contributed by atoms with Crippen molar-refractivity contribution < 1.29 is 9.32 Å². The largest absolute Gasteiger partial charge is 0.340 e. The Morgan fingerprint density at radius 1 is 1.68 bits per heavy atom. The van der Waals surface area contributed by atoms with E-state index < -0.39 is 0 Å². The number of carbonyl (C=O) groups excluding carboxylic acids is 1. The van der Waals surface area contributed by atoms with Crippen LogP contribution in [0.5, 0.6) is 0 Å². The zero-order chi connectivity index (χ0) is 13.7. The molecule has 104 valence electrons. The van der Waals surface area contributed by atoms with Crippen LogP contribution in [0.4, 0.5) is 4.79 Å². The second-order valence-electron chi connectivity index (χ2n) is 4.86. The van der Waals surface area contributed by atoms with Gasteiger partial charge in [0.25, 0.3) is 0 Å². The van der Waals surface area contributed by atoms with E-state index in [1.54, 1.807) is 13.0 Å². The highest BCUT2D eigenvalue weighted by molar-refractivity contribution is 5.74. The molecule has 1 atom stereocenters. The predicted molar refractivity (Wildman–Crippen MR) is 70.6 cm³/mol. The van der Waals surface area contributed by atoms with Crippen molar-refractivity contribution in [3.05, 3.63) is 24.4 Å². The first-order chi connectivity index (χ1) is 9.19. The molecule has 0 aliphatic carbocycles. The molecular weight excluding hydrogens is 244 g/mol. The van der Waals surface area contributed by atoms with Crippen LogP contribution in [0.15, 0.2) is 17.2 Å². The molecular formula is C13H20N4O2.